The molecule has 1 fully saturated rings. The number of nitrogens with zero attached hydrogens (tertiary/aromatic N) is 4. The molecule has 8 heteroatoms. The standard InChI is InChI=1S/C21H28N4O3S/c1-12-8-13(2)11-24(10-12)18(15-6-7-16(27-4)17(9-15)28-5)19-20(26)25-21(29-19)22-14(3)23-25/h6-7,9,12-13,18,26H,8,10-11H2,1-5H3. The Balaban J connectivity index is 1.85. The fourth-order valence-corrected chi connectivity index (χ4v) is 5.66. The lowest BCUT2D eigenvalue weighted by Crippen LogP contribution is -2.41. The first kappa shape index (κ1) is 20.0. The summed E-state index contributed by atoms with van der Waals surface area (Å²) in [6.45, 7) is 8.35. The number of hydrogen-bond acceptors (Lipinski definition) is 7. The van der Waals surface area contributed by atoms with Crippen LogP contribution >= 0.6 is 11.3 Å². The Kier molecular flexibility index (Phi) is 5.40. The molecule has 0 amide bonds. The van der Waals surface area contributed by atoms with E-state index in [1.54, 1.807) is 18.7 Å². The molecule has 7 nitrogen and oxygen atoms in total. The number of rotatable bonds is 5. The topological polar surface area (TPSA) is 72.1 Å². The number of hydrogen-bond donors (Lipinski definition) is 1. The van der Waals surface area contributed by atoms with Gasteiger partial charge in [-0.15, -0.1) is 5.10 Å². The minimum Gasteiger partial charge on any atom is -0.493 e. The van der Waals surface area contributed by atoms with E-state index < -0.39 is 0 Å². The van der Waals surface area contributed by atoms with E-state index in [-0.39, 0.29) is 11.9 Å². The highest BCUT2D eigenvalue weighted by Crippen LogP contribution is 2.43. The minimum absolute atomic E-state index is 0.103. The van der Waals surface area contributed by atoms with Crippen molar-refractivity contribution in [2.75, 3.05) is 27.3 Å². The lowest BCUT2D eigenvalue weighted by atomic mass is 9.89. The molecule has 156 valence electrons. The van der Waals surface area contributed by atoms with Crippen molar-refractivity contribution in [3.63, 3.8) is 0 Å². The van der Waals surface area contributed by atoms with E-state index in [0.717, 1.165) is 23.5 Å². The first-order valence-corrected chi connectivity index (χ1v) is 10.7. The van der Waals surface area contributed by atoms with Gasteiger partial charge in [-0.2, -0.15) is 4.52 Å². The van der Waals surface area contributed by atoms with Gasteiger partial charge >= 0.3 is 0 Å². The van der Waals surface area contributed by atoms with Crippen LogP contribution < -0.4 is 9.47 Å². The summed E-state index contributed by atoms with van der Waals surface area (Å²) in [7, 11) is 3.28. The highest BCUT2D eigenvalue weighted by Gasteiger charge is 2.34. The number of aryl methyl sites for hydroxylation is 1. The van der Waals surface area contributed by atoms with E-state index in [2.05, 4.69) is 34.9 Å². The third kappa shape index (κ3) is 3.67. The zero-order valence-corrected chi connectivity index (χ0v) is 18.4. The molecule has 1 N–H and O–H groups in total. The summed E-state index contributed by atoms with van der Waals surface area (Å²) >= 11 is 1.49. The van der Waals surface area contributed by atoms with Gasteiger partial charge in [0.25, 0.3) is 0 Å². The number of benzene rings is 1. The van der Waals surface area contributed by atoms with Gasteiger partial charge < -0.3 is 14.6 Å². The summed E-state index contributed by atoms with van der Waals surface area (Å²) in [5.74, 6) is 3.37. The number of thiazole rings is 1. The second kappa shape index (κ2) is 7.84. The van der Waals surface area contributed by atoms with Crippen LogP contribution in [0.3, 0.4) is 0 Å². The van der Waals surface area contributed by atoms with E-state index in [4.69, 9.17) is 9.47 Å². The van der Waals surface area contributed by atoms with E-state index in [9.17, 15) is 5.11 Å². The monoisotopic (exact) mass is 416 g/mol. The molecule has 3 atom stereocenters. The SMILES string of the molecule is COc1ccc(C(c2sc3nc(C)nn3c2O)N2CC(C)CC(C)C2)cc1OC. The van der Waals surface area contributed by atoms with Crippen LogP contribution in [0.4, 0.5) is 0 Å². The van der Waals surface area contributed by atoms with Crippen molar-refractivity contribution in [2.24, 2.45) is 11.8 Å². The third-order valence-electron chi connectivity index (χ3n) is 5.54. The first-order chi connectivity index (χ1) is 13.9. The van der Waals surface area contributed by atoms with E-state index in [1.807, 2.05) is 19.1 Å². The summed E-state index contributed by atoms with van der Waals surface area (Å²) in [6, 6.07) is 5.88. The van der Waals surface area contributed by atoms with Crippen molar-refractivity contribution >= 4 is 16.3 Å². The van der Waals surface area contributed by atoms with Crippen LogP contribution in [0.2, 0.25) is 0 Å². The molecule has 29 heavy (non-hydrogen) atoms. The maximum atomic E-state index is 11.0. The molecule has 3 heterocycles. The van der Waals surface area contributed by atoms with Crippen molar-refractivity contribution in [2.45, 2.75) is 33.2 Å². The summed E-state index contributed by atoms with van der Waals surface area (Å²) in [5.41, 5.74) is 1.06. The fraction of sp³-hybridized carbons (Fsp3) is 0.524. The Bertz CT molecular complexity index is 1000. The molecule has 2 aromatic heterocycles. The Morgan fingerprint density at radius 2 is 1.83 bits per heavy atom. The molecule has 0 bridgehead atoms. The lowest BCUT2D eigenvalue weighted by molar-refractivity contribution is 0.111. The molecule has 0 radical (unpaired) electrons. The van der Waals surface area contributed by atoms with Crippen LogP contribution in [-0.4, -0.2) is 51.9 Å². The van der Waals surface area contributed by atoms with Crippen LogP contribution in [0.1, 0.15) is 42.6 Å². The van der Waals surface area contributed by atoms with Crippen LogP contribution in [-0.2, 0) is 0 Å². The minimum atomic E-state index is -0.103. The largest absolute Gasteiger partial charge is 0.493 e. The van der Waals surface area contributed by atoms with Gasteiger partial charge in [0.15, 0.2) is 11.5 Å². The maximum Gasteiger partial charge on any atom is 0.230 e. The van der Waals surface area contributed by atoms with Crippen molar-refractivity contribution in [1.29, 1.82) is 0 Å². The van der Waals surface area contributed by atoms with Gasteiger partial charge in [0, 0.05) is 13.1 Å². The lowest BCUT2D eigenvalue weighted by Gasteiger charge is -2.40. The Morgan fingerprint density at radius 3 is 2.45 bits per heavy atom. The number of ether oxygens (including phenoxy) is 2. The molecule has 4 rings (SSSR count). The maximum absolute atomic E-state index is 11.0. The molecule has 0 aliphatic carbocycles. The summed E-state index contributed by atoms with van der Waals surface area (Å²) in [4.78, 5) is 8.47. The highest BCUT2D eigenvalue weighted by atomic mass is 32.1. The Labute approximate surface area is 174 Å². The molecule has 1 saturated heterocycles. The van der Waals surface area contributed by atoms with Crippen LogP contribution in [0.15, 0.2) is 18.2 Å². The number of methoxy groups -OCH3 is 2. The van der Waals surface area contributed by atoms with Gasteiger partial charge in [-0.3, -0.25) is 4.90 Å². The quantitative estimate of drug-likeness (QED) is 0.680. The van der Waals surface area contributed by atoms with Crippen LogP contribution in [0.5, 0.6) is 17.4 Å². The predicted octanol–water partition coefficient (Wildman–Crippen LogP) is 3.89. The molecular weight excluding hydrogens is 388 g/mol. The van der Waals surface area contributed by atoms with Crippen molar-refractivity contribution in [1.82, 2.24) is 19.5 Å². The predicted molar refractivity (Wildman–Crippen MR) is 113 cm³/mol. The van der Waals surface area contributed by atoms with E-state index in [0.29, 0.717) is 34.1 Å². The second-order valence-corrected chi connectivity index (χ2v) is 9.07. The van der Waals surface area contributed by atoms with Gasteiger partial charge in [-0.25, -0.2) is 4.98 Å². The van der Waals surface area contributed by atoms with Crippen molar-refractivity contribution in [3.05, 3.63) is 34.5 Å². The number of piperidine rings is 1. The summed E-state index contributed by atoms with van der Waals surface area (Å²) in [5, 5.41) is 15.4. The molecular formula is C21H28N4O3S. The average molecular weight is 417 g/mol. The fourth-order valence-electron chi connectivity index (χ4n) is 4.50. The number of fused-ring (bicyclic) bond motifs is 1. The number of aromatic nitrogens is 3. The van der Waals surface area contributed by atoms with Crippen LogP contribution in [0.25, 0.3) is 4.96 Å². The molecule has 1 aliphatic rings. The van der Waals surface area contributed by atoms with Gasteiger partial charge in [0.2, 0.25) is 10.8 Å². The third-order valence-corrected chi connectivity index (χ3v) is 6.61. The van der Waals surface area contributed by atoms with Gasteiger partial charge in [0.05, 0.1) is 25.1 Å². The Hall–Kier alpha value is -2.32. The molecule has 0 spiro atoms. The molecule has 1 aliphatic heterocycles. The van der Waals surface area contributed by atoms with Crippen molar-refractivity contribution < 1.29 is 14.6 Å². The normalized spacial score (nSPS) is 21.4. The molecule has 0 saturated carbocycles. The molecule has 1 aromatic carbocycles. The van der Waals surface area contributed by atoms with Gasteiger partial charge in [0.1, 0.15) is 5.82 Å². The summed E-state index contributed by atoms with van der Waals surface area (Å²) in [6.07, 6.45) is 1.22. The van der Waals surface area contributed by atoms with Crippen LogP contribution in [0, 0.1) is 18.8 Å². The molecule has 3 unspecified atom stereocenters. The van der Waals surface area contributed by atoms with E-state index >= 15 is 0 Å². The first-order valence-electron chi connectivity index (χ1n) is 9.92. The smallest absolute Gasteiger partial charge is 0.230 e. The van der Waals surface area contributed by atoms with E-state index in [1.165, 1.54) is 17.8 Å². The highest BCUT2D eigenvalue weighted by molar-refractivity contribution is 7.17. The van der Waals surface area contributed by atoms with Gasteiger partial charge in [-0.05, 0) is 42.9 Å². The van der Waals surface area contributed by atoms with Gasteiger partial charge in [-0.1, -0.05) is 31.3 Å². The van der Waals surface area contributed by atoms with Crippen molar-refractivity contribution in [3.8, 4) is 17.4 Å². The number of aromatic hydroxyl groups is 1. The number of likely N-dealkylation sites (tertiary alicyclic amines) is 1. The molecule has 3 aromatic rings. The Morgan fingerprint density at radius 1 is 1.14 bits per heavy atom. The zero-order chi connectivity index (χ0) is 20.7. The summed E-state index contributed by atoms with van der Waals surface area (Å²) < 4.78 is 12.5. The zero-order valence-electron chi connectivity index (χ0n) is 17.5. The second-order valence-electron chi connectivity index (χ2n) is 8.06. The average Bonchev–Trinajstić information content (AvgIpc) is 3.18.